The number of carbonyl (C=O) groups is 2. The Morgan fingerprint density at radius 1 is 1.32 bits per heavy atom. The minimum atomic E-state index is -0.220. The van der Waals surface area contributed by atoms with Gasteiger partial charge in [0.1, 0.15) is 0 Å². The third kappa shape index (κ3) is 5.00. The van der Waals surface area contributed by atoms with Gasteiger partial charge in [-0.25, -0.2) is 0 Å². The van der Waals surface area contributed by atoms with Crippen molar-refractivity contribution in [1.82, 2.24) is 4.90 Å². The van der Waals surface area contributed by atoms with Gasteiger partial charge in [-0.15, -0.1) is 0 Å². The van der Waals surface area contributed by atoms with Crippen LogP contribution in [-0.4, -0.2) is 36.3 Å². The number of anilines is 1. The summed E-state index contributed by atoms with van der Waals surface area (Å²) in [6.07, 6.45) is 0.427. The van der Waals surface area contributed by atoms with Crippen molar-refractivity contribution in [3.8, 4) is 0 Å². The predicted molar refractivity (Wildman–Crippen MR) is 90.1 cm³/mol. The highest BCUT2D eigenvalue weighted by molar-refractivity contribution is 6.34. The maximum absolute atomic E-state index is 12.5. The Balaban J connectivity index is 2.95. The molecule has 6 heteroatoms. The number of benzene rings is 1. The van der Waals surface area contributed by atoms with E-state index in [0.29, 0.717) is 29.2 Å². The maximum Gasteiger partial charge on any atom is 0.255 e. The van der Waals surface area contributed by atoms with E-state index in [9.17, 15) is 9.59 Å². The number of likely N-dealkylation sites (N-methyl/N-ethyl adjacent to an activating group) is 1. The van der Waals surface area contributed by atoms with Crippen LogP contribution in [-0.2, 0) is 4.79 Å². The Bertz CT molecular complexity index is 546. The van der Waals surface area contributed by atoms with Crippen LogP contribution >= 0.6 is 11.6 Å². The molecular formula is C16H24ClN3O2. The molecule has 0 saturated heterocycles. The van der Waals surface area contributed by atoms with Gasteiger partial charge in [-0.1, -0.05) is 25.4 Å². The van der Waals surface area contributed by atoms with E-state index in [1.54, 1.807) is 30.1 Å². The van der Waals surface area contributed by atoms with Crippen LogP contribution in [0.5, 0.6) is 0 Å². The van der Waals surface area contributed by atoms with Gasteiger partial charge in [-0.05, 0) is 31.0 Å². The molecule has 0 aromatic heterocycles. The maximum atomic E-state index is 12.5. The molecule has 0 radical (unpaired) electrons. The Morgan fingerprint density at radius 3 is 2.50 bits per heavy atom. The van der Waals surface area contributed by atoms with E-state index in [-0.39, 0.29) is 23.8 Å². The zero-order chi connectivity index (χ0) is 16.9. The molecular weight excluding hydrogens is 302 g/mol. The summed E-state index contributed by atoms with van der Waals surface area (Å²) in [5.74, 6) is -0.0350. The van der Waals surface area contributed by atoms with Crippen molar-refractivity contribution >= 4 is 29.1 Å². The lowest BCUT2D eigenvalue weighted by atomic mass is 10.1. The zero-order valence-corrected chi connectivity index (χ0v) is 14.3. The van der Waals surface area contributed by atoms with Crippen molar-refractivity contribution in [2.24, 2.45) is 11.7 Å². The van der Waals surface area contributed by atoms with Crippen molar-refractivity contribution in [3.05, 3.63) is 28.8 Å². The highest BCUT2D eigenvalue weighted by Gasteiger charge is 2.19. The Kier molecular flexibility index (Phi) is 6.84. The number of rotatable bonds is 6. The standard InChI is InChI=1S/C16H24ClN3O2/c1-10(2)7-15(21)19-12-5-6-14(17)13(8-12)16(22)20(4)11(3)9-18/h5-6,8,10-11H,7,9,18H2,1-4H3,(H,19,21). The molecule has 3 N–H and O–H groups in total. The van der Waals surface area contributed by atoms with E-state index in [1.807, 2.05) is 20.8 Å². The van der Waals surface area contributed by atoms with Gasteiger partial charge in [0.25, 0.3) is 5.91 Å². The minimum absolute atomic E-state index is 0.0839. The van der Waals surface area contributed by atoms with Crippen molar-refractivity contribution in [2.45, 2.75) is 33.2 Å². The highest BCUT2D eigenvalue weighted by atomic mass is 35.5. The Hall–Kier alpha value is -1.59. The predicted octanol–water partition coefficient (Wildman–Crippen LogP) is 2.74. The van der Waals surface area contributed by atoms with E-state index < -0.39 is 0 Å². The van der Waals surface area contributed by atoms with Gasteiger partial charge >= 0.3 is 0 Å². The normalized spacial score (nSPS) is 12.1. The quantitative estimate of drug-likeness (QED) is 0.844. The molecule has 122 valence electrons. The molecule has 0 fully saturated rings. The van der Waals surface area contributed by atoms with Crippen LogP contribution in [0.2, 0.25) is 5.02 Å². The van der Waals surface area contributed by atoms with Crippen LogP contribution in [0.1, 0.15) is 37.6 Å². The molecule has 0 spiro atoms. The largest absolute Gasteiger partial charge is 0.338 e. The van der Waals surface area contributed by atoms with Crippen LogP contribution in [0.4, 0.5) is 5.69 Å². The molecule has 2 amide bonds. The highest BCUT2D eigenvalue weighted by Crippen LogP contribution is 2.23. The molecule has 0 aliphatic rings. The molecule has 1 aromatic rings. The van der Waals surface area contributed by atoms with Crippen LogP contribution in [0.15, 0.2) is 18.2 Å². The van der Waals surface area contributed by atoms with E-state index in [1.165, 1.54) is 0 Å². The lowest BCUT2D eigenvalue weighted by Crippen LogP contribution is -2.39. The summed E-state index contributed by atoms with van der Waals surface area (Å²) in [6.45, 7) is 6.17. The number of nitrogens with two attached hydrogens (primary N) is 1. The van der Waals surface area contributed by atoms with Crippen molar-refractivity contribution < 1.29 is 9.59 Å². The number of halogens is 1. The molecule has 0 aliphatic heterocycles. The Morgan fingerprint density at radius 2 is 1.95 bits per heavy atom. The van der Waals surface area contributed by atoms with Crippen molar-refractivity contribution in [2.75, 3.05) is 18.9 Å². The number of nitrogens with one attached hydrogen (secondary N) is 1. The van der Waals surface area contributed by atoms with Crippen LogP contribution in [0.3, 0.4) is 0 Å². The molecule has 0 aliphatic carbocycles. The average molecular weight is 326 g/mol. The topological polar surface area (TPSA) is 75.4 Å². The fourth-order valence-corrected chi connectivity index (χ4v) is 2.10. The van der Waals surface area contributed by atoms with Gasteiger partial charge in [0.05, 0.1) is 10.6 Å². The van der Waals surface area contributed by atoms with Gasteiger partial charge in [0.15, 0.2) is 0 Å². The number of amides is 2. The van der Waals surface area contributed by atoms with E-state index in [4.69, 9.17) is 17.3 Å². The first kappa shape index (κ1) is 18.5. The summed E-state index contributed by atoms with van der Waals surface area (Å²) >= 11 is 6.11. The fourth-order valence-electron chi connectivity index (χ4n) is 1.90. The summed E-state index contributed by atoms with van der Waals surface area (Å²) in [6, 6.07) is 4.80. The molecule has 1 unspecified atom stereocenters. The summed E-state index contributed by atoms with van der Waals surface area (Å²) in [5.41, 5.74) is 6.50. The smallest absolute Gasteiger partial charge is 0.255 e. The average Bonchev–Trinajstić information content (AvgIpc) is 2.46. The number of hydrogen-bond acceptors (Lipinski definition) is 3. The molecule has 22 heavy (non-hydrogen) atoms. The third-order valence-corrected chi connectivity index (χ3v) is 3.73. The summed E-state index contributed by atoms with van der Waals surface area (Å²) in [7, 11) is 1.68. The third-order valence-electron chi connectivity index (χ3n) is 3.40. The van der Waals surface area contributed by atoms with Crippen molar-refractivity contribution in [3.63, 3.8) is 0 Å². The van der Waals surface area contributed by atoms with E-state index >= 15 is 0 Å². The van der Waals surface area contributed by atoms with Gasteiger partial charge < -0.3 is 16.0 Å². The van der Waals surface area contributed by atoms with Gasteiger partial charge in [-0.3, -0.25) is 9.59 Å². The molecule has 1 rings (SSSR count). The SMILES string of the molecule is CC(C)CC(=O)Nc1ccc(Cl)c(C(=O)N(C)C(C)CN)c1. The molecule has 0 heterocycles. The summed E-state index contributed by atoms with van der Waals surface area (Å²) in [4.78, 5) is 25.8. The first-order valence-electron chi connectivity index (χ1n) is 7.32. The first-order chi connectivity index (χ1) is 10.3. The van der Waals surface area contributed by atoms with Crippen LogP contribution in [0.25, 0.3) is 0 Å². The Labute approximate surface area is 136 Å². The lowest BCUT2D eigenvalue weighted by molar-refractivity contribution is -0.116. The monoisotopic (exact) mass is 325 g/mol. The second-order valence-corrected chi connectivity index (χ2v) is 6.25. The van der Waals surface area contributed by atoms with Gasteiger partial charge in [-0.2, -0.15) is 0 Å². The molecule has 0 bridgehead atoms. The molecule has 1 atom stereocenters. The fraction of sp³-hybridized carbons (Fsp3) is 0.500. The number of carbonyl (C=O) groups excluding carboxylic acids is 2. The summed E-state index contributed by atoms with van der Waals surface area (Å²) < 4.78 is 0. The number of nitrogens with zero attached hydrogens (tertiary/aromatic N) is 1. The van der Waals surface area contributed by atoms with E-state index in [2.05, 4.69) is 5.32 Å². The lowest BCUT2D eigenvalue weighted by Gasteiger charge is -2.24. The van der Waals surface area contributed by atoms with Gasteiger partial charge in [0.2, 0.25) is 5.91 Å². The first-order valence-corrected chi connectivity index (χ1v) is 7.70. The second kappa shape index (κ2) is 8.15. The second-order valence-electron chi connectivity index (χ2n) is 5.84. The molecule has 1 aromatic carbocycles. The van der Waals surface area contributed by atoms with Crippen LogP contribution in [0, 0.1) is 5.92 Å². The van der Waals surface area contributed by atoms with Crippen molar-refractivity contribution in [1.29, 1.82) is 0 Å². The zero-order valence-electron chi connectivity index (χ0n) is 13.5. The minimum Gasteiger partial charge on any atom is -0.338 e. The molecule has 5 nitrogen and oxygen atoms in total. The molecule has 0 saturated carbocycles. The van der Waals surface area contributed by atoms with Crippen LogP contribution < -0.4 is 11.1 Å². The van der Waals surface area contributed by atoms with E-state index in [0.717, 1.165) is 0 Å². The number of hydrogen-bond donors (Lipinski definition) is 2. The summed E-state index contributed by atoms with van der Waals surface area (Å²) in [5, 5.41) is 3.13. The van der Waals surface area contributed by atoms with Gasteiger partial charge in [0, 0.05) is 31.7 Å².